The number of aliphatic hydroxyl groups is 1. The van der Waals surface area contributed by atoms with E-state index in [1.54, 1.807) is 6.92 Å². The van der Waals surface area contributed by atoms with E-state index >= 15 is 0 Å². The zero-order chi connectivity index (χ0) is 13.8. The molecule has 0 aromatic heterocycles. The summed E-state index contributed by atoms with van der Waals surface area (Å²) in [7, 11) is -3.75. The first-order valence-corrected chi connectivity index (χ1v) is 7.24. The van der Waals surface area contributed by atoms with Gasteiger partial charge in [-0.15, -0.1) is 0 Å². The quantitative estimate of drug-likeness (QED) is 0.856. The molecule has 102 valence electrons. The van der Waals surface area contributed by atoms with Crippen LogP contribution >= 0.6 is 0 Å². The Kier molecular flexibility index (Phi) is 5.25. The van der Waals surface area contributed by atoms with Crippen LogP contribution in [0.1, 0.15) is 18.9 Å². The number of hydrogen-bond acceptors (Lipinski definition) is 3. The van der Waals surface area contributed by atoms with E-state index in [0.29, 0.717) is 18.5 Å². The molecule has 18 heavy (non-hydrogen) atoms. The van der Waals surface area contributed by atoms with Gasteiger partial charge in [0, 0.05) is 13.1 Å². The number of hydrogen-bond donors (Lipinski definition) is 1. The first-order chi connectivity index (χ1) is 8.43. The summed E-state index contributed by atoms with van der Waals surface area (Å²) in [4.78, 5) is -0.0376. The lowest BCUT2D eigenvalue weighted by atomic mass is 10.2. The molecule has 0 aliphatic rings. The summed E-state index contributed by atoms with van der Waals surface area (Å²) in [5, 5.41) is 8.92. The molecule has 0 saturated carbocycles. The standard InChI is InChI=1S/C12H18FNO3S/c1-3-6-14(7-8-15)18(16,17)12-9-11(13)5-4-10(12)2/h4-5,9,15H,3,6-8H2,1-2H3. The van der Waals surface area contributed by atoms with Gasteiger partial charge in [-0.3, -0.25) is 0 Å². The first kappa shape index (κ1) is 15.1. The lowest BCUT2D eigenvalue weighted by Gasteiger charge is -2.21. The van der Waals surface area contributed by atoms with Gasteiger partial charge in [0.1, 0.15) is 5.82 Å². The molecular weight excluding hydrogens is 257 g/mol. The largest absolute Gasteiger partial charge is 0.395 e. The molecule has 0 radical (unpaired) electrons. The maximum atomic E-state index is 13.2. The van der Waals surface area contributed by atoms with E-state index < -0.39 is 15.8 Å². The van der Waals surface area contributed by atoms with Crippen LogP contribution in [0.25, 0.3) is 0 Å². The van der Waals surface area contributed by atoms with Crippen LogP contribution < -0.4 is 0 Å². The Labute approximate surface area is 107 Å². The number of halogens is 1. The van der Waals surface area contributed by atoms with Crippen LogP contribution in [0.4, 0.5) is 4.39 Å². The topological polar surface area (TPSA) is 57.6 Å². The molecule has 0 spiro atoms. The monoisotopic (exact) mass is 275 g/mol. The molecule has 0 aliphatic carbocycles. The Balaban J connectivity index is 3.21. The summed E-state index contributed by atoms with van der Waals surface area (Å²) in [5.41, 5.74) is 0.496. The van der Waals surface area contributed by atoms with Crippen molar-refractivity contribution >= 4 is 10.0 Å². The van der Waals surface area contributed by atoms with Crippen LogP contribution in [0, 0.1) is 12.7 Å². The van der Waals surface area contributed by atoms with Gasteiger partial charge in [-0.1, -0.05) is 13.0 Å². The second-order valence-electron chi connectivity index (χ2n) is 4.04. The van der Waals surface area contributed by atoms with Crippen molar-refractivity contribution < 1.29 is 17.9 Å². The van der Waals surface area contributed by atoms with Gasteiger partial charge in [-0.25, -0.2) is 12.8 Å². The summed E-state index contributed by atoms with van der Waals surface area (Å²) >= 11 is 0. The van der Waals surface area contributed by atoms with E-state index in [1.165, 1.54) is 16.4 Å². The van der Waals surface area contributed by atoms with Gasteiger partial charge in [0.15, 0.2) is 0 Å². The first-order valence-electron chi connectivity index (χ1n) is 5.80. The van der Waals surface area contributed by atoms with Crippen LogP contribution in [0.5, 0.6) is 0 Å². The van der Waals surface area contributed by atoms with E-state index in [0.717, 1.165) is 6.07 Å². The Morgan fingerprint density at radius 3 is 2.56 bits per heavy atom. The SMILES string of the molecule is CCCN(CCO)S(=O)(=O)c1cc(F)ccc1C. The summed E-state index contributed by atoms with van der Waals surface area (Å²) in [5.74, 6) is -0.584. The molecule has 0 fully saturated rings. The summed E-state index contributed by atoms with van der Waals surface area (Å²) in [6, 6.07) is 3.68. The normalized spacial score (nSPS) is 12.1. The molecular formula is C12H18FNO3S. The van der Waals surface area contributed by atoms with E-state index in [2.05, 4.69) is 0 Å². The van der Waals surface area contributed by atoms with Crippen molar-refractivity contribution in [3.8, 4) is 0 Å². The molecule has 1 rings (SSSR count). The van der Waals surface area contributed by atoms with Gasteiger partial charge < -0.3 is 5.11 Å². The van der Waals surface area contributed by atoms with Crippen molar-refractivity contribution in [2.75, 3.05) is 19.7 Å². The Morgan fingerprint density at radius 2 is 2.00 bits per heavy atom. The maximum Gasteiger partial charge on any atom is 0.243 e. The van der Waals surface area contributed by atoms with E-state index in [9.17, 15) is 12.8 Å². The average molecular weight is 275 g/mol. The van der Waals surface area contributed by atoms with Crippen LogP contribution in [-0.4, -0.2) is 37.5 Å². The highest BCUT2D eigenvalue weighted by atomic mass is 32.2. The minimum absolute atomic E-state index is 0.0200. The van der Waals surface area contributed by atoms with Crippen LogP contribution in [0.15, 0.2) is 23.1 Å². The van der Waals surface area contributed by atoms with Gasteiger partial charge in [-0.2, -0.15) is 4.31 Å². The van der Waals surface area contributed by atoms with Crippen molar-refractivity contribution in [1.29, 1.82) is 0 Å². The molecule has 0 atom stereocenters. The van der Waals surface area contributed by atoms with Crippen LogP contribution in [0.3, 0.4) is 0 Å². The maximum absolute atomic E-state index is 13.2. The molecule has 0 saturated heterocycles. The molecule has 1 aromatic rings. The third-order valence-corrected chi connectivity index (χ3v) is 4.63. The number of rotatable bonds is 6. The molecule has 0 aliphatic heterocycles. The number of nitrogens with zero attached hydrogens (tertiary/aromatic N) is 1. The second kappa shape index (κ2) is 6.26. The Bertz CT molecular complexity index is 496. The molecule has 0 heterocycles. The minimum atomic E-state index is -3.75. The number of benzene rings is 1. The zero-order valence-corrected chi connectivity index (χ0v) is 11.4. The lowest BCUT2D eigenvalue weighted by molar-refractivity contribution is 0.253. The van der Waals surface area contributed by atoms with Crippen LogP contribution in [-0.2, 0) is 10.0 Å². The predicted octanol–water partition coefficient (Wildman–Crippen LogP) is 1.53. The molecule has 4 nitrogen and oxygen atoms in total. The third kappa shape index (κ3) is 3.28. The van der Waals surface area contributed by atoms with Gasteiger partial charge >= 0.3 is 0 Å². The van der Waals surface area contributed by atoms with E-state index in [-0.39, 0.29) is 18.0 Å². The van der Waals surface area contributed by atoms with Gasteiger partial charge in [0.05, 0.1) is 11.5 Å². The van der Waals surface area contributed by atoms with Crippen LogP contribution in [0.2, 0.25) is 0 Å². The fourth-order valence-corrected chi connectivity index (χ4v) is 3.46. The Hall–Kier alpha value is -0.980. The Morgan fingerprint density at radius 1 is 1.33 bits per heavy atom. The molecule has 0 bridgehead atoms. The highest BCUT2D eigenvalue weighted by Gasteiger charge is 2.25. The molecule has 1 N–H and O–H groups in total. The molecule has 0 amide bonds. The average Bonchev–Trinajstić information content (AvgIpc) is 2.32. The minimum Gasteiger partial charge on any atom is -0.395 e. The highest BCUT2D eigenvalue weighted by molar-refractivity contribution is 7.89. The zero-order valence-electron chi connectivity index (χ0n) is 10.6. The fraction of sp³-hybridized carbons (Fsp3) is 0.500. The van der Waals surface area contributed by atoms with E-state index in [1.807, 2.05) is 6.92 Å². The third-order valence-electron chi connectivity index (χ3n) is 2.59. The van der Waals surface area contributed by atoms with Crippen molar-refractivity contribution in [2.45, 2.75) is 25.2 Å². The number of aliphatic hydroxyl groups excluding tert-OH is 1. The predicted molar refractivity (Wildman–Crippen MR) is 67.3 cm³/mol. The van der Waals surface area contributed by atoms with Gasteiger partial charge in [-0.05, 0) is 31.0 Å². The van der Waals surface area contributed by atoms with Crippen molar-refractivity contribution in [3.05, 3.63) is 29.6 Å². The summed E-state index contributed by atoms with van der Waals surface area (Å²) < 4.78 is 39.0. The number of sulfonamides is 1. The summed E-state index contributed by atoms with van der Waals surface area (Å²) in [6.45, 7) is 3.53. The highest BCUT2D eigenvalue weighted by Crippen LogP contribution is 2.21. The fourth-order valence-electron chi connectivity index (χ4n) is 1.70. The summed E-state index contributed by atoms with van der Waals surface area (Å²) in [6.07, 6.45) is 0.633. The van der Waals surface area contributed by atoms with Gasteiger partial charge in [0.2, 0.25) is 10.0 Å². The second-order valence-corrected chi connectivity index (χ2v) is 5.94. The molecule has 0 unspecified atom stereocenters. The van der Waals surface area contributed by atoms with Crippen molar-refractivity contribution in [1.82, 2.24) is 4.31 Å². The van der Waals surface area contributed by atoms with E-state index in [4.69, 9.17) is 5.11 Å². The number of aryl methyl sites for hydroxylation is 1. The lowest BCUT2D eigenvalue weighted by Crippen LogP contribution is -2.34. The van der Waals surface area contributed by atoms with Gasteiger partial charge in [0.25, 0.3) is 0 Å². The van der Waals surface area contributed by atoms with Crippen molar-refractivity contribution in [2.24, 2.45) is 0 Å². The smallest absolute Gasteiger partial charge is 0.243 e. The van der Waals surface area contributed by atoms with Crippen molar-refractivity contribution in [3.63, 3.8) is 0 Å². The molecule has 6 heteroatoms. The molecule has 1 aromatic carbocycles.